The molecule has 176 valence electrons. The molecular formula is C24H41N3O4. The molecule has 1 aromatic carbocycles. The van der Waals surface area contributed by atoms with Crippen LogP contribution in [0.5, 0.6) is 11.5 Å². The van der Waals surface area contributed by atoms with E-state index in [9.17, 15) is 0 Å². The summed E-state index contributed by atoms with van der Waals surface area (Å²) in [4.78, 5) is 4.71. The lowest BCUT2D eigenvalue weighted by molar-refractivity contribution is 0.0205. The zero-order valence-electron chi connectivity index (χ0n) is 19.7. The van der Waals surface area contributed by atoms with Gasteiger partial charge in [-0.05, 0) is 70.6 Å². The first-order valence-corrected chi connectivity index (χ1v) is 11.8. The van der Waals surface area contributed by atoms with E-state index in [4.69, 9.17) is 23.9 Å². The number of nitrogens with zero attached hydrogens (tertiary/aromatic N) is 1. The lowest BCUT2D eigenvalue weighted by Crippen LogP contribution is -2.38. The second kappa shape index (κ2) is 14.9. The molecule has 1 fully saturated rings. The molecule has 0 saturated carbocycles. The average molecular weight is 436 g/mol. The topological polar surface area (TPSA) is 73.3 Å². The van der Waals surface area contributed by atoms with Crippen molar-refractivity contribution in [2.75, 3.05) is 52.7 Å². The molecule has 1 saturated heterocycles. The molecule has 1 aliphatic heterocycles. The lowest BCUT2D eigenvalue weighted by atomic mass is 10.0. The van der Waals surface area contributed by atoms with Gasteiger partial charge in [-0.3, -0.25) is 4.99 Å². The summed E-state index contributed by atoms with van der Waals surface area (Å²) in [7, 11) is 0. The zero-order valence-corrected chi connectivity index (χ0v) is 19.7. The largest absolute Gasteiger partial charge is 0.490 e. The molecule has 2 N–H and O–H groups in total. The van der Waals surface area contributed by atoms with Crippen molar-refractivity contribution in [1.29, 1.82) is 0 Å². The second-order valence-corrected chi connectivity index (χ2v) is 7.68. The number of rotatable bonds is 13. The number of benzene rings is 1. The van der Waals surface area contributed by atoms with Crippen LogP contribution in [0.3, 0.4) is 0 Å². The summed E-state index contributed by atoms with van der Waals surface area (Å²) in [6.07, 6.45) is 3.13. The van der Waals surface area contributed by atoms with Gasteiger partial charge in [0, 0.05) is 39.5 Å². The summed E-state index contributed by atoms with van der Waals surface area (Å²) in [5, 5.41) is 6.81. The van der Waals surface area contributed by atoms with Crippen molar-refractivity contribution >= 4 is 5.96 Å². The SMILES string of the molecule is CCNC(=NCCCOCC1CCOCC1)NC(C)c1ccc(OCC)c(OCC)c1. The first-order chi connectivity index (χ1) is 15.2. The van der Waals surface area contributed by atoms with Crippen LogP contribution in [0, 0.1) is 5.92 Å². The van der Waals surface area contributed by atoms with Crippen molar-refractivity contribution in [3.63, 3.8) is 0 Å². The van der Waals surface area contributed by atoms with Gasteiger partial charge >= 0.3 is 0 Å². The highest BCUT2D eigenvalue weighted by Crippen LogP contribution is 2.30. The quantitative estimate of drug-likeness (QED) is 0.278. The molecule has 1 heterocycles. The van der Waals surface area contributed by atoms with E-state index in [1.807, 2.05) is 26.0 Å². The minimum atomic E-state index is 0.0810. The number of aliphatic imine (C=N–C) groups is 1. The van der Waals surface area contributed by atoms with Crippen molar-refractivity contribution < 1.29 is 18.9 Å². The summed E-state index contributed by atoms with van der Waals surface area (Å²) in [6, 6.07) is 6.16. The molecule has 31 heavy (non-hydrogen) atoms. The lowest BCUT2D eigenvalue weighted by Gasteiger charge is -2.21. The Morgan fingerprint density at radius 1 is 1.13 bits per heavy atom. The maximum Gasteiger partial charge on any atom is 0.191 e. The first-order valence-electron chi connectivity index (χ1n) is 11.8. The molecule has 1 aliphatic rings. The average Bonchev–Trinajstić information content (AvgIpc) is 2.78. The molecule has 1 unspecified atom stereocenters. The van der Waals surface area contributed by atoms with Gasteiger partial charge in [-0.2, -0.15) is 0 Å². The Labute approximate surface area is 187 Å². The van der Waals surface area contributed by atoms with Gasteiger partial charge in [0.1, 0.15) is 0 Å². The number of ether oxygens (including phenoxy) is 4. The van der Waals surface area contributed by atoms with Gasteiger partial charge in [-0.1, -0.05) is 6.07 Å². The van der Waals surface area contributed by atoms with Crippen molar-refractivity contribution in [1.82, 2.24) is 10.6 Å². The van der Waals surface area contributed by atoms with E-state index in [0.29, 0.717) is 19.1 Å². The van der Waals surface area contributed by atoms with Gasteiger partial charge in [0.2, 0.25) is 0 Å². The fraction of sp³-hybridized carbons (Fsp3) is 0.708. The van der Waals surface area contributed by atoms with Crippen LogP contribution in [-0.2, 0) is 9.47 Å². The Balaban J connectivity index is 1.82. The Hall–Kier alpha value is -1.99. The summed E-state index contributed by atoms with van der Waals surface area (Å²) in [5.74, 6) is 3.01. The van der Waals surface area contributed by atoms with E-state index in [1.165, 1.54) is 0 Å². The van der Waals surface area contributed by atoms with Crippen LogP contribution < -0.4 is 20.1 Å². The van der Waals surface area contributed by atoms with Gasteiger partial charge in [0.15, 0.2) is 17.5 Å². The van der Waals surface area contributed by atoms with Crippen molar-refractivity contribution in [2.45, 2.75) is 53.0 Å². The van der Waals surface area contributed by atoms with Crippen molar-refractivity contribution in [2.24, 2.45) is 10.9 Å². The monoisotopic (exact) mass is 435 g/mol. The maximum absolute atomic E-state index is 5.84. The van der Waals surface area contributed by atoms with Crippen LogP contribution in [-0.4, -0.2) is 58.7 Å². The molecule has 0 spiro atoms. The Kier molecular flexibility index (Phi) is 12.2. The molecule has 0 radical (unpaired) electrons. The summed E-state index contributed by atoms with van der Waals surface area (Å²) >= 11 is 0. The third-order valence-corrected chi connectivity index (χ3v) is 5.18. The van der Waals surface area contributed by atoms with E-state index in [2.05, 4.69) is 30.5 Å². The molecule has 0 amide bonds. The first kappa shape index (κ1) is 25.3. The molecule has 1 aromatic rings. The highest BCUT2D eigenvalue weighted by atomic mass is 16.5. The molecule has 0 aliphatic carbocycles. The Bertz CT molecular complexity index is 648. The van der Waals surface area contributed by atoms with E-state index in [1.54, 1.807) is 0 Å². The highest BCUT2D eigenvalue weighted by Gasteiger charge is 2.14. The summed E-state index contributed by atoms with van der Waals surface area (Å²) in [6.45, 7) is 14.2. The van der Waals surface area contributed by atoms with E-state index >= 15 is 0 Å². The molecule has 0 bridgehead atoms. The van der Waals surface area contributed by atoms with Crippen LogP contribution in [0.2, 0.25) is 0 Å². The maximum atomic E-state index is 5.84. The highest BCUT2D eigenvalue weighted by molar-refractivity contribution is 5.80. The molecule has 2 rings (SSSR count). The minimum Gasteiger partial charge on any atom is -0.490 e. The number of hydrogen-bond donors (Lipinski definition) is 2. The van der Waals surface area contributed by atoms with Crippen LogP contribution in [0.25, 0.3) is 0 Å². The van der Waals surface area contributed by atoms with Gasteiger partial charge in [0.25, 0.3) is 0 Å². The Morgan fingerprint density at radius 3 is 2.58 bits per heavy atom. The van der Waals surface area contributed by atoms with E-state index in [0.717, 1.165) is 81.8 Å². The minimum absolute atomic E-state index is 0.0810. The molecule has 0 aromatic heterocycles. The molecule has 7 nitrogen and oxygen atoms in total. The normalized spacial score (nSPS) is 16.1. The third kappa shape index (κ3) is 9.35. The third-order valence-electron chi connectivity index (χ3n) is 5.18. The number of nitrogens with one attached hydrogen (secondary N) is 2. The van der Waals surface area contributed by atoms with Crippen LogP contribution in [0.1, 0.15) is 58.6 Å². The van der Waals surface area contributed by atoms with Gasteiger partial charge in [-0.25, -0.2) is 0 Å². The number of hydrogen-bond acceptors (Lipinski definition) is 5. The van der Waals surface area contributed by atoms with Gasteiger partial charge < -0.3 is 29.6 Å². The fourth-order valence-electron chi connectivity index (χ4n) is 3.47. The summed E-state index contributed by atoms with van der Waals surface area (Å²) in [5.41, 5.74) is 1.12. The predicted octanol–water partition coefficient (Wildman–Crippen LogP) is 3.93. The van der Waals surface area contributed by atoms with Crippen molar-refractivity contribution in [3.8, 4) is 11.5 Å². The van der Waals surface area contributed by atoms with Crippen LogP contribution in [0.4, 0.5) is 0 Å². The Morgan fingerprint density at radius 2 is 1.87 bits per heavy atom. The standard InChI is InChI=1S/C24H41N3O4/c1-5-25-24(26-13-8-14-29-18-20-11-15-28-16-12-20)27-19(4)21-9-10-22(30-6-2)23(17-21)31-7-3/h9-10,17,19-20H,5-8,11-16,18H2,1-4H3,(H2,25,26,27). The number of guanidine groups is 1. The smallest absolute Gasteiger partial charge is 0.191 e. The molecule has 1 atom stereocenters. The van der Waals surface area contributed by atoms with Crippen molar-refractivity contribution in [3.05, 3.63) is 23.8 Å². The second-order valence-electron chi connectivity index (χ2n) is 7.68. The molecule has 7 heteroatoms. The fourth-order valence-corrected chi connectivity index (χ4v) is 3.47. The summed E-state index contributed by atoms with van der Waals surface area (Å²) < 4.78 is 22.7. The van der Waals surface area contributed by atoms with Gasteiger partial charge in [-0.15, -0.1) is 0 Å². The zero-order chi connectivity index (χ0) is 22.3. The van der Waals surface area contributed by atoms with Gasteiger partial charge in [0.05, 0.1) is 19.3 Å². The molecular weight excluding hydrogens is 394 g/mol. The van der Waals surface area contributed by atoms with Crippen LogP contribution in [0.15, 0.2) is 23.2 Å². The van der Waals surface area contributed by atoms with E-state index in [-0.39, 0.29) is 6.04 Å². The van der Waals surface area contributed by atoms with Crippen LogP contribution >= 0.6 is 0 Å². The predicted molar refractivity (Wildman–Crippen MR) is 125 cm³/mol. The van der Waals surface area contributed by atoms with E-state index < -0.39 is 0 Å².